The molecule has 1 aliphatic rings. The molecule has 0 aliphatic carbocycles. The second-order valence-corrected chi connectivity index (χ2v) is 5.97. The third-order valence-corrected chi connectivity index (χ3v) is 4.23. The summed E-state index contributed by atoms with van der Waals surface area (Å²) in [7, 11) is 0. The number of nitro groups is 1. The molecule has 0 aromatic heterocycles. The Morgan fingerprint density at radius 2 is 1.79 bits per heavy atom. The van der Waals surface area contributed by atoms with E-state index in [4.69, 9.17) is 0 Å². The minimum absolute atomic E-state index is 0.191. The molecule has 2 N–H and O–H groups in total. The molecule has 3 rings (SSSR count). The van der Waals surface area contributed by atoms with Gasteiger partial charge in [-0.15, -0.1) is 0 Å². The van der Waals surface area contributed by atoms with Crippen LogP contribution in [-0.4, -0.2) is 18.0 Å². The molecule has 1 saturated heterocycles. The molecular weight excluding hydrogens is 304 g/mol. The van der Waals surface area contributed by atoms with Gasteiger partial charge in [0.2, 0.25) is 0 Å². The van der Waals surface area contributed by atoms with Crippen LogP contribution in [0.2, 0.25) is 0 Å². The third-order valence-electron chi connectivity index (χ3n) is 4.23. The molecule has 1 fully saturated rings. The van der Waals surface area contributed by atoms with E-state index in [0.29, 0.717) is 6.54 Å². The number of nitrogens with one attached hydrogen (secondary N) is 2. The fourth-order valence-electron chi connectivity index (χ4n) is 3.00. The highest BCUT2D eigenvalue weighted by molar-refractivity contribution is 5.64. The van der Waals surface area contributed by atoms with Crippen molar-refractivity contribution in [2.24, 2.45) is 0 Å². The average molecular weight is 326 g/mol. The Bertz CT molecular complexity index is 685. The second-order valence-electron chi connectivity index (χ2n) is 5.97. The standard InChI is InChI=1S/C18H22N4O2/c23-22(24)18-13-15(14-19-20-16-7-3-1-4-8-16)9-10-17(18)21-11-5-2-6-12-21/h1,3-4,7-10,13,19-20H,2,5-6,11-12,14H2. The zero-order chi connectivity index (χ0) is 16.8. The highest BCUT2D eigenvalue weighted by Crippen LogP contribution is 2.31. The van der Waals surface area contributed by atoms with Crippen LogP contribution in [0.25, 0.3) is 0 Å². The van der Waals surface area contributed by atoms with Crippen molar-refractivity contribution in [2.75, 3.05) is 23.4 Å². The molecule has 2 aromatic rings. The molecule has 6 heteroatoms. The smallest absolute Gasteiger partial charge is 0.292 e. The SMILES string of the molecule is O=[N+]([O-])c1cc(CNNc2ccccc2)ccc1N1CCCCC1. The van der Waals surface area contributed by atoms with Gasteiger partial charge in [-0.1, -0.05) is 24.3 Å². The predicted octanol–water partition coefficient (Wildman–Crippen LogP) is 3.70. The summed E-state index contributed by atoms with van der Waals surface area (Å²) in [5.74, 6) is 0. The summed E-state index contributed by atoms with van der Waals surface area (Å²) in [6.07, 6.45) is 3.40. The van der Waals surface area contributed by atoms with Crippen molar-refractivity contribution < 1.29 is 4.92 Å². The average Bonchev–Trinajstić information content (AvgIpc) is 2.63. The highest BCUT2D eigenvalue weighted by atomic mass is 16.6. The van der Waals surface area contributed by atoms with Gasteiger partial charge in [0.15, 0.2) is 0 Å². The molecule has 0 bridgehead atoms. The number of nitrogens with zero attached hydrogens (tertiary/aromatic N) is 2. The second kappa shape index (κ2) is 7.79. The molecule has 1 heterocycles. The van der Waals surface area contributed by atoms with Crippen LogP contribution >= 0.6 is 0 Å². The Morgan fingerprint density at radius 1 is 1.04 bits per heavy atom. The lowest BCUT2D eigenvalue weighted by Crippen LogP contribution is -2.30. The van der Waals surface area contributed by atoms with Crippen LogP contribution in [0.4, 0.5) is 17.1 Å². The minimum Gasteiger partial charge on any atom is -0.366 e. The predicted molar refractivity (Wildman–Crippen MR) is 96.1 cm³/mol. The van der Waals surface area contributed by atoms with Crippen LogP contribution in [0.1, 0.15) is 24.8 Å². The van der Waals surface area contributed by atoms with Crippen LogP contribution in [-0.2, 0) is 6.54 Å². The van der Waals surface area contributed by atoms with E-state index in [-0.39, 0.29) is 10.6 Å². The topological polar surface area (TPSA) is 70.4 Å². The molecule has 0 spiro atoms. The molecule has 24 heavy (non-hydrogen) atoms. The van der Waals surface area contributed by atoms with Crippen molar-refractivity contribution in [3.63, 3.8) is 0 Å². The zero-order valence-electron chi connectivity index (χ0n) is 13.6. The number of piperidine rings is 1. The van der Waals surface area contributed by atoms with Crippen molar-refractivity contribution in [3.8, 4) is 0 Å². The van der Waals surface area contributed by atoms with E-state index in [0.717, 1.165) is 42.9 Å². The minimum atomic E-state index is -0.280. The number of benzene rings is 2. The normalized spacial score (nSPS) is 14.4. The van der Waals surface area contributed by atoms with E-state index >= 15 is 0 Å². The van der Waals surface area contributed by atoms with Gasteiger partial charge in [-0.3, -0.25) is 10.1 Å². The molecule has 6 nitrogen and oxygen atoms in total. The summed E-state index contributed by atoms with van der Waals surface area (Å²) in [5.41, 5.74) is 8.95. The summed E-state index contributed by atoms with van der Waals surface area (Å²) in [6, 6.07) is 15.3. The van der Waals surface area contributed by atoms with Gasteiger partial charge in [-0.05, 0) is 43.0 Å². The van der Waals surface area contributed by atoms with E-state index in [9.17, 15) is 10.1 Å². The van der Waals surface area contributed by atoms with Gasteiger partial charge >= 0.3 is 0 Å². The lowest BCUT2D eigenvalue weighted by molar-refractivity contribution is -0.384. The Kier molecular flexibility index (Phi) is 5.28. The third kappa shape index (κ3) is 4.02. The van der Waals surface area contributed by atoms with Crippen LogP contribution in [0.5, 0.6) is 0 Å². The lowest BCUT2D eigenvalue weighted by atomic mass is 10.1. The van der Waals surface area contributed by atoms with Crippen LogP contribution < -0.4 is 15.8 Å². The number of rotatable bonds is 6. The number of para-hydroxylation sites is 1. The first-order chi connectivity index (χ1) is 11.7. The van der Waals surface area contributed by atoms with Gasteiger partial charge in [0, 0.05) is 31.4 Å². The number of nitro benzene ring substituents is 1. The Balaban J connectivity index is 1.68. The van der Waals surface area contributed by atoms with E-state index in [1.807, 2.05) is 42.5 Å². The van der Waals surface area contributed by atoms with Crippen LogP contribution in [0, 0.1) is 10.1 Å². The molecular formula is C18H22N4O2. The van der Waals surface area contributed by atoms with E-state index in [1.54, 1.807) is 6.07 Å². The number of hydrogen-bond acceptors (Lipinski definition) is 5. The van der Waals surface area contributed by atoms with Crippen molar-refractivity contribution >= 4 is 17.1 Å². The molecule has 126 valence electrons. The zero-order valence-corrected chi connectivity index (χ0v) is 13.6. The van der Waals surface area contributed by atoms with E-state index in [1.165, 1.54) is 6.42 Å². The molecule has 2 aromatic carbocycles. The van der Waals surface area contributed by atoms with Gasteiger partial charge in [0.05, 0.1) is 4.92 Å². The fraction of sp³-hybridized carbons (Fsp3) is 0.333. The molecule has 0 saturated carbocycles. The number of anilines is 2. The molecule has 0 amide bonds. The highest BCUT2D eigenvalue weighted by Gasteiger charge is 2.21. The quantitative estimate of drug-likeness (QED) is 0.625. The van der Waals surface area contributed by atoms with Gasteiger partial charge in [-0.25, -0.2) is 5.43 Å². The van der Waals surface area contributed by atoms with Crippen LogP contribution in [0.3, 0.4) is 0 Å². The van der Waals surface area contributed by atoms with Crippen molar-refractivity contribution in [3.05, 3.63) is 64.2 Å². The molecule has 1 aliphatic heterocycles. The maximum Gasteiger partial charge on any atom is 0.292 e. The Hall–Kier alpha value is -2.60. The number of hydrazine groups is 1. The van der Waals surface area contributed by atoms with Crippen molar-refractivity contribution in [2.45, 2.75) is 25.8 Å². The first-order valence-corrected chi connectivity index (χ1v) is 8.30. The van der Waals surface area contributed by atoms with Gasteiger partial charge in [0.25, 0.3) is 5.69 Å². The summed E-state index contributed by atoms with van der Waals surface area (Å²) >= 11 is 0. The number of hydrogen-bond donors (Lipinski definition) is 2. The van der Waals surface area contributed by atoms with Crippen molar-refractivity contribution in [1.82, 2.24) is 5.43 Å². The summed E-state index contributed by atoms with van der Waals surface area (Å²) in [4.78, 5) is 13.3. The van der Waals surface area contributed by atoms with Gasteiger partial charge < -0.3 is 10.3 Å². The first kappa shape index (κ1) is 16.3. The van der Waals surface area contributed by atoms with Crippen LogP contribution in [0.15, 0.2) is 48.5 Å². The van der Waals surface area contributed by atoms with E-state index in [2.05, 4.69) is 15.8 Å². The Morgan fingerprint density at radius 3 is 2.50 bits per heavy atom. The van der Waals surface area contributed by atoms with Crippen molar-refractivity contribution in [1.29, 1.82) is 0 Å². The largest absolute Gasteiger partial charge is 0.366 e. The summed E-state index contributed by atoms with van der Waals surface area (Å²) in [6.45, 7) is 2.30. The Labute approximate surface area is 141 Å². The summed E-state index contributed by atoms with van der Waals surface area (Å²) < 4.78 is 0. The fourth-order valence-corrected chi connectivity index (χ4v) is 3.00. The van der Waals surface area contributed by atoms with E-state index < -0.39 is 0 Å². The molecule has 0 unspecified atom stereocenters. The maximum atomic E-state index is 11.5. The van der Waals surface area contributed by atoms with Gasteiger partial charge in [-0.2, -0.15) is 0 Å². The maximum absolute atomic E-state index is 11.5. The van der Waals surface area contributed by atoms with Gasteiger partial charge in [0.1, 0.15) is 5.69 Å². The monoisotopic (exact) mass is 326 g/mol. The molecule has 0 radical (unpaired) electrons. The molecule has 0 atom stereocenters. The lowest BCUT2D eigenvalue weighted by Gasteiger charge is -2.28. The summed E-state index contributed by atoms with van der Waals surface area (Å²) in [5, 5.41) is 11.5. The first-order valence-electron chi connectivity index (χ1n) is 8.30.